The number of piperidine rings is 1. The number of carbonyl (C=O) groups is 1. The zero-order valence-corrected chi connectivity index (χ0v) is 12.0. The van der Waals surface area contributed by atoms with Crippen LogP contribution in [0.25, 0.3) is 0 Å². The van der Waals surface area contributed by atoms with Gasteiger partial charge in [0.05, 0.1) is 5.70 Å². The van der Waals surface area contributed by atoms with Gasteiger partial charge in [-0.2, -0.15) is 0 Å². The second-order valence-electron chi connectivity index (χ2n) is 5.68. The maximum Gasteiger partial charge on any atom is 0.274 e. The lowest BCUT2D eigenvalue weighted by Gasteiger charge is -2.50. The SMILES string of the molecule is CC1=C2C(NC=C1)N(C1CCNCC1)C(=O)C(O)N2C. The molecule has 110 valence electrons. The van der Waals surface area contributed by atoms with Crippen LogP contribution < -0.4 is 10.6 Å². The Morgan fingerprint density at radius 2 is 2.05 bits per heavy atom. The van der Waals surface area contributed by atoms with Crippen molar-refractivity contribution in [3.05, 3.63) is 23.5 Å². The molecule has 0 aromatic heterocycles. The van der Waals surface area contributed by atoms with Crippen LogP contribution in [-0.4, -0.2) is 59.4 Å². The molecule has 0 aliphatic carbocycles. The Morgan fingerprint density at radius 3 is 2.75 bits per heavy atom. The van der Waals surface area contributed by atoms with E-state index < -0.39 is 6.23 Å². The van der Waals surface area contributed by atoms with E-state index in [9.17, 15) is 9.90 Å². The molecule has 6 nitrogen and oxygen atoms in total. The molecule has 0 saturated carbocycles. The van der Waals surface area contributed by atoms with Crippen LogP contribution in [0.3, 0.4) is 0 Å². The van der Waals surface area contributed by atoms with Crippen molar-refractivity contribution in [3.8, 4) is 0 Å². The average Bonchev–Trinajstić information content (AvgIpc) is 2.46. The number of piperazine rings is 1. The van der Waals surface area contributed by atoms with E-state index in [1.807, 2.05) is 24.1 Å². The summed E-state index contributed by atoms with van der Waals surface area (Å²) in [5.41, 5.74) is 2.07. The lowest BCUT2D eigenvalue weighted by atomic mass is 9.98. The molecule has 2 atom stereocenters. The molecular formula is C14H22N4O2. The van der Waals surface area contributed by atoms with Gasteiger partial charge in [0.15, 0.2) is 0 Å². The molecule has 0 radical (unpaired) electrons. The summed E-state index contributed by atoms with van der Waals surface area (Å²) < 4.78 is 0. The molecule has 6 heteroatoms. The van der Waals surface area contributed by atoms with Crippen LogP contribution in [0.1, 0.15) is 19.8 Å². The number of carbonyl (C=O) groups excluding carboxylic acids is 1. The maximum absolute atomic E-state index is 12.5. The van der Waals surface area contributed by atoms with E-state index >= 15 is 0 Å². The minimum absolute atomic E-state index is 0.163. The van der Waals surface area contributed by atoms with Crippen LogP contribution in [-0.2, 0) is 4.79 Å². The van der Waals surface area contributed by atoms with E-state index in [0.717, 1.165) is 37.2 Å². The molecular weight excluding hydrogens is 256 g/mol. The minimum atomic E-state index is -1.08. The van der Waals surface area contributed by atoms with Crippen molar-refractivity contribution in [2.45, 2.75) is 38.2 Å². The first kappa shape index (κ1) is 13.5. The Balaban J connectivity index is 1.96. The van der Waals surface area contributed by atoms with Crippen LogP contribution in [0.2, 0.25) is 0 Å². The molecule has 3 aliphatic rings. The van der Waals surface area contributed by atoms with Crippen molar-refractivity contribution >= 4 is 5.91 Å². The van der Waals surface area contributed by atoms with E-state index in [1.165, 1.54) is 0 Å². The number of rotatable bonds is 1. The Morgan fingerprint density at radius 1 is 1.35 bits per heavy atom. The fourth-order valence-electron chi connectivity index (χ4n) is 3.36. The fourth-order valence-corrected chi connectivity index (χ4v) is 3.36. The molecule has 0 spiro atoms. The van der Waals surface area contributed by atoms with Gasteiger partial charge in [0.1, 0.15) is 6.17 Å². The largest absolute Gasteiger partial charge is 0.366 e. The number of allylic oxidation sites excluding steroid dienone is 2. The van der Waals surface area contributed by atoms with Gasteiger partial charge in [0.25, 0.3) is 5.91 Å². The molecule has 3 N–H and O–H groups in total. The van der Waals surface area contributed by atoms with Crippen LogP contribution in [0.15, 0.2) is 23.5 Å². The Hall–Kier alpha value is -1.53. The van der Waals surface area contributed by atoms with E-state index in [-0.39, 0.29) is 18.1 Å². The summed E-state index contributed by atoms with van der Waals surface area (Å²) in [5.74, 6) is -0.205. The quantitative estimate of drug-likeness (QED) is 0.606. The number of nitrogens with one attached hydrogen (secondary N) is 2. The third kappa shape index (κ3) is 1.99. The van der Waals surface area contributed by atoms with Crippen LogP contribution >= 0.6 is 0 Å². The number of aliphatic hydroxyl groups excluding tert-OH is 1. The number of dihydropyridines is 1. The molecule has 0 aromatic rings. The first-order chi connectivity index (χ1) is 9.61. The van der Waals surface area contributed by atoms with Gasteiger partial charge in [-0.15, -0.1) is 0 Å². The Labute approximate surface area is 119 Å². The van der Waals surface area contributed by atoms with Crippen LogP contribution in [0, 0.1) is 0 Å². The number of likely N-dealkylation sites (N-methyl/N-ethyl adjacent to an activating group) is 1. The van der Waals surface area contributed by atoms with Crippen molar-refractivity contribution < 1.29 is 9.90 Å². The molecule has 20 heavy (non-hydrogen) atoms. The first-order valence-electron chi connectivity index (χ1n) is 7.18. The highest BCUT2D eigenvalue weighted by Crippen LogP contribution is 2.31. The number of amides is 1. The zero-order chi connectivity index (χ0) is 14.3. The number of hydrogen-bond donors (Lipinski definition) is 3. The van der Waals surface area contributed by atoms with E-state index in [4.69, 9.17) is 0 Å². The fraction of sp³-hybridized carbons (Fsp3) is 0.643. The molecule has 1 amide bonds. The molecule has 0 aromatic carbocycles. The highest BCUT2D eigenvalue weighted by Gasteiger charge is 2.45. The van der Waals surface area contributed by atoms with Crippen molar-refractivity contribution in [2.24, 2.45) is 0 Å². The Kier molecular flexibility index (Phi) is 3.43. The summed E-state index contributed by atoms with van der Waals surface area (Å²) in [6.07, 6.45) is 4.47. The predicted molar refractivity (Wildman–Crippen MR) is 75.3 cm³/mol. The van der Waals surface area contributed by atoms with Gasteiger partial charge in [-0.25, -0.2) is 0 Å². The molecule has 2 saturated heterocycles. The summed E-state index contributed by atoms with van der Waals surface area (Å²) in [6.45, 7) is 3.85. The lowest BCUT2D eigenvalue weighted by molar-refractivity contribution is -0.161. The van der Waals surface area contributed by atoms with Gasteiger partial charge < -0.3 is 25.5 Å². The second kappa shape index (κ2) is 5.10. The normalized spacial score (nSPS) is 31.4. The van der Waals surface area contributed by atoms with Crippen LogP contribution in [0.5, 0.6) is 0 Å². The monoisotopic (exact) mass is 278 g/mol. The van der Waals surface area contributed by atoms with Crippen molar-refractivity contribution in [3.63, 3.8) is 0 Å². The van der Waals surface area contributed by atoms with E-state index in [0.29, 0.717) is 0 Å². The highest BCUT2D eigenvalue weighted by molar-refractivity contribution is 5.83. The van der Waals surface area contributed by atoms with Gasteiger partial charge in [-0.3, -0.25) is 4.79 Å². The number of fused-ring (bicyclic) bond motifs is 1. The van der Waals surface area contributed by atoms with Gasteiger partial charge in [-0.05, 0) is 50.7 Å². The van der Waals surface area contributed by atoms with Gasteiger partial charge in [0.2, 0.25) is 6.23 Å². The summed E-state index contributed by atoms with van der Waals surface area (Å²) in [5, 5.41) is 16.8. The summed E-state index contributed by atoms with van der Waals surface area (Å²) in [6, 6.07) is 0.180. The second-order valence-corrected chi connectivity index (χ2v) is 5.68. The number of aliphatic hydroxyl groups is 1. The summed E-state index contributed by atoms with van der Waals surface area (Å²) in [7, 11) is 1.77. The van der Waals surface area contributed by atoms with Crippen molar-refractivity contribution in [2.75, 3.05) is 20.1 Å². The van der Waals surface area contributed by atoms with E-state index in [2.05, 4.69) is 10.6 Å². The number of nitrogens with zero attached hydrogens (tertiary/aromatic N) is 2. The van der Waals surface area contributed by atoms with Gasteiger partial charge >= 0.3 is 0 Å². The third-order valence-electron chi connectivity index (χ3n) is 4.45. The van der Waals surface area contributed by atoms with Crippen molar-refractivity contribution in [1.82, 2.24) is 20.4 Å². The maximum atomic E-state index is 12.5. The highest BCUT2D eigenvalue weighted by atomic mass is 16.3. The first-order valence-corrected chi connectivity index (χ1v) is 7.18. The predicted octanol–water partition coefficient (Wildman–Crippen LogP) is -0.452. The average molecular weight is 278 g/mol. The minimum Gasteiger partial charge on any atom is -0.366 e. The van der Waals surface area contributed by atoms with Crippen LogP contribution in [0.4, 0.5) is 0 Å². The molecule has 2 fully saturated rings. The van der Waals surface area contributed by atoms with Crippen molar-refractivity contribution in [1.29, 1.82) is 0 Å². The molecule has 3 rings (SSSR count). The van der Waals surface area contributed by atoms with Gasteiger partial charge in [0, 0.05) is 13.1 Å². The smallest absolute Gasteiger partial charge is 0.274 e. The lowest BCUT2D eigenvalue weighted by Crippen LogP contribution is -2.66. The molecule has 3 heterocycles. The molecule has 3 aliphatic heterocycles. The standard InChI is InChI=1S/C14H22N4O2/c1-9-3-8-16-12-11(9)17(2)13(19)14(20)18(12)10-4-6-15-7-5-10/h3,8,10,12-13,15-16,19H,4-7H2,1-2H3. The number of hydrogen-bond acceptors (Lipinski definition) is 5. The van der Waals surface area contributed by atoms with E-state index in [1.54, 1.807) is 11.9 Å². The zero-order valence-electron chi connectivity index (χ0n) is 12.0. The summed E-state index contributed by atoms with van der Waals surface area (Å²) in [4.78, 5) is 16.0. The Bertz CT molecular complexity index is 468. The summed E-state index contributed by atoms with van der Waals surface area (Å²) >= 11 is 0. The molecule has 0 bridgehead atoms. The van der Waals surface area contributed by atoms with Gasteiger partial charge in [-0.1, -0.05) is 0 Å². The topological polar surface area (TPSA) is 67.8 Å². The third-order valence-corrected chi connectivity index (χ3v) is 4.45. The molecule has 2 unspecified atom stereocenters.